The van der Waals surface area contributed by atoms with E-state index in [0.29, 0.717) is 17.7 Å². The molecule has 0 saturated carbocycles. The molecule has 2 heteroatoms. The molecule has 0 unspecified atom stereocenters. The number of rotatable bonds is 3. The highest BCUT2D eigenvalue weighted by Crippen LogP contribution is 2.33. The van der Waals surface area contributed by atoms with Crippen molar-refractivity contribution < 1.29 is 5.11 Å². The Labute approximate surface area is 97.7 Å². The highest BCUT2D eigenvalue weighted by molar-refractivity contribution is 5.39. The maximum Gasteiger partial charge on any atom is 0.115 e. The summed E-state index contributed by atoms with van der Waals surface area (Å²) in [4.78, 5) is 0. The van der Waals surface area contributed by atoms with E-state index >= 15 is 0 Å². The van der Waals surface area contributed by atoms with E-state index in [4.69, 9.17) is 0 Å². The molecule has 0 saturated heterocycles. The van der Waals surface area contributed by atoms with E-state index in [1.165, 1.54) is 24.0 Å². The Kier molecular flexibility index (Phi) is 3.49. The van der Waals surface area contributed by atoms with Crippen LogP contribution in [0.15, 0.2) is 18.2 Å². The molecule has 2 nitrogen and oxygen atoms in total. The molecule has 1 aromatic rings. The molecule has 2 atom stereocenters. The molecule has 16 heavy (non-hydrogen) atoms. The minimum absolute atomic E-state index is 0.391. The lowest BCUT2D eigenvalue weighted by Crippen LogP contribution is -2.37. The first-order valence-corrected chi connectivity index (χ1v) is 6.27. The van der Waals surface area contributed by atoms with Crippen LogP contribution >= 0.6 is 0 Å². The molecule has 2 N–H and O–H groups in total. The molecule has 1 aliphatic rings. The van der Waals surface area contributed by atoms with Crippen LogP contribution in [0.4, 0.5) is 0 Å². The first-order valence-electron chi connectivity index (χ1n) is 6.27. The summed E-state index contributed by atoms with van der Waals surface area (Å²) >= 11 is 0. The van der Waals surface area contributed by atoms with Crippen molar-refractivity contribution in [1.82, 2.24) is 5.32 Å². The average molecular weight is 219 g/mol. The van der Waals surface area contributed by atoms with Crippen LogP contribution in [-0.2, 0) is 6.42 Å². The van der Waals surface area contributed by atoms with Gasteiger partial charge in [0, 0.05) is 6.04 Å². The number of phenols is 1. The van der Waals surface area contributed by atoms with Crippen molar-refractivity contribution >= 4 is 0 Å². The van der Waals surface area contributed by atoms with Gasteiger partial charge in [-0.3, -0.25) is 0 Å². The largest absolute Gasteiger partial charge is 0.508 e. The minimum atomic E-state index is 0.391. The van der Waals surface area contributed by atoms with E-state index in [0.717, 1.165) is 13.0 Å². The van der Waals surface area contributed by atoms with Gasteiger partial charge in [-0.1, -0.05) is 19.9 Å². The molecular weight excluding hydrogens is 198 g/mol. The molecular formula is C14H21NO. The van der Waals surface area contributed by atoms with Crippen molar-refractivity contribution in [1.29, 1.82) is 0 Å². The van der Waals surface area contributed by atoms with Gasteiger partial charge < -0.3 is 10.4 Å². The minimum Gasteiger partial charge on any atom is -0.508 e. The number of fused-ring (bicyclic) bond motifs is 1. The molecule has 0 fully saturated rings. The normalized spacial score (nSPS) is 24.1. The molecule has 0 bridgehead atoms. The van der Waals surface area contributed by atoms with Crippen LogP contribution in [0.5, 0.6) is 5.75 Å². The van der Waals surface area contributed by atoms with Crippen LogP contribution in [0.3, 0.4) is 0 Å². The third-order valence-electron chi connectivity index (χ3n) is 3.60. The molecule has 2 rings (SSSR count). The number of benzene rings is 1. The number of aryl methyl sites for hydroxylation is 1. The molecule has 1 aromatic carbocycles. The van der Waals surface area contributed by atoms with E-state index in [9.17, 15) is 5.11 Å². The second kappa shape index (κ2) is 4.88. The zero-order valence-electron chi connectivity index (χ0n) is 10.2. The molecule has 1 aliphatic carbocycles. The third-order valence-corrected chi connectivity index (χ3v) is 3.60. The van der Waals surface area contributed by atoms with Crippen molar-refractivity contribution in [3.8, 4) is 5.75 Å². The van der Waals surface area contributed by atoms with Crippen LogP contribution in [0.2, 0.25) is 0 Å². The van der Waals surface area contributed by atoms with E-state index in [2.05, 4.69) is 25.2 Å². The number of aromatic hydroxyl groups is 1. The Morgan fingerprint density at radius 3 is 3.00 bits per heavy atom. The van der Waals surface area contributed by atoms with Crippen LogP contribution in [0.25, 0.3) is 0 Å². The SMILES string of the molecule is CCCN[C@H]1CCc2ccc(O)cc2[C@H]1C. The summed E-state index contributed by atoms with van der Waals surface area (Å²) in [5, 5.41) is 13.1. The average Bonchev–Trinajstić information content (AvgIpc) is 2.29. The van der Waals surface area contributed by atoms with Gasteiger partial charge in [0.2, 0.25) is 0 Å². The zero-order valence-corrected chi connectivity index (χ0v) is 10.2. The zero-order chi connectivity index (χ0) is 11.5. The van der Waals surface area contributed by atoms with Gasteiger partial charge in [-0.05, 0) is 55.0 Å². The Morgan fingerprint density at radius 1 is 1.44 bits per heavy atom. The predicted octanol–water partition coefficient (Wildman–Crippen LogP) is 2.81. The lowest BCUT2D eigenvalue weighted by Gasteiger charge is -2.32. The maximum absolute atomic E-state index is 9.55. The molecule has 0 aromatic heterocycles. The van der Waals surface area contributed by atoms with Gasteiger partial charge in [0.05, 0.1) is 0 Å². The summed E-state index contributed by atoms with van der Waals surface area (Å²) in [5.41, 5.74) is 2.72. The predicted molar refractivity (Wildman–Crippen MR) is 66.9 cm³/mol. The summed E-state index contributed by atoms with van der Waals surface area (Å²) in [7, 11) is 0. The fraction of sp³-hybridized carbons (Fsp3) is 0.571. The summed E-state index contributed by atoms with van der Waals surface area (Å²) in [6.45, 7) is 5.54. The van der Waals surface area contributed by atoms with Crippen molar-refractivity contribution in [3.05, 3.63) is 29.3 Å². The molecule has 0 aliphatic heterocycles. The van der Waals surface area contributed by atoms with Gasteiger partial charge in [-0.25, -0.2) is 0 Å². The Bertz CT molecular complexity index is 362. The molecule has 0 heterocycles. The lowest BCUT2D eigenvalue weighted by atomic mass is 9.80. The second-order valence-electron chi connectivity index (χ2n) is 4.77. The van der Waals surface area contributed by atoms with E-state index in [1.54, 1.807) is 6.07 Å². The second-order valence-corrected chi connectivity index (χ2v) is 4.77. The third kappa shape index (κ3) is 2.22. The quantitative estimate of drug-likeness (QED) is 0.819. The van der Waals surface area contributed by atoms with Crippen molar-refractivity contribution in [2.24, 2.45) is 0 Å². The van der Waals surface area contributed by atoms with Gasteiger partial charge in [0.15, 0.2) is 0 Å². The highest BCUT2D eigenvalue weighted by atomic mass is 16.3. The molecule has 88 valence electrons. The van der Waals surface area contributed by atoms with Gasteiger partial charge in [0.25, 0.3) is 0 Å². The molecule has 0 amide bonds. The summed E-state index contributed by atoms with van der Waals surface area (Å²) in [6.07, 6.45) is 3.51. The van der Waals surface area contributed by atoms with Gasteiger partial charge in [0.1, 0.15) is 5.75 Å². The first kappa shape index (κ1) is 11.5. The van der Waals surface area contributed by atoms with Crippen LogP contribution in [0, 0.1) is 0 Å². The number of hydrogen-bond donors (Lipinski definition) is 2. The summed E-state index contributed by atoms with van der Waals surface area (Å²) in [5.74, 6) is 0.893. The van der Waals surface area contributed by atoms with Gasteiger partial charge >= 0.3 is 0 Å². The Hall–Kier alpha value is -1.02. The number of nitrogens with one attached hydrogen (secondary N) is 1. The van der Waals surface area contributed by atoms with E-state index in [1.807, 2.05) is 6.07 Å². The van der Waals surface area contributed by atoms with Crippen molar-refractivity contribution in [3.63, 3.8) is 0 Å². The van der Waals surface area contributed by atoms with Crippen molar-refractivity contribution in [2.75, 3.05) is 6.54 Å². The standard InChI is InChI=1S/C14H21NO/c1-3-8-15-14-7-5-11-4-6-12(16)9-13(11)10(14)2/h4,6,9-10,14-16H,3,5,7-8H2,1-2H3/t10-,14+/m1/s1. The highest BCUT2D eigenvalue weighted by Gasteiger charge is 2.25. The van der Waals surface area contributed by atoms with E-state index < -0.39 is 0 Å². The Morgan fingerprint density at radius 2 is 2.25 bits per heavy atom. The van der Waals surface area contributed by atoms with E-state index in [-0.39, 0.29) is 0 Å². The first-order chi connectivity index (χ1) is 7.72. The van der Waals surface area contributed by atoms with Crippen molar-refractivity contribution in [2.45, 2.75) is 45.1 Å². The van der Waals surface area contributed by atoms with Crippen LogP contribution < -0.4 is 5.32 Å². The summed E-state index contributed by atoms with van der Waals surface area (Å²) in [6, 6.07) is 6.36. The lowest BCUT2D eigenvalue weighted by molar-refractivity contribution is 0.401. The number of hydrogen-bond acceptors (Lipinski definition) is 2. The van der Waals surface area contributed by atoms with Crippen LogP contribution in [0.1, 0.15) is 43.7 Å². The molecule has 0 spiro atoms. The topological polar surface area (TPSA) is 32.3 Å². The maximum atomic E-state index is 9.55. The smallest absolute Gasteiger partial charge is 0.115 e. The number of phenolic OH excluding ortho intramolecular Hbond substituents is 1. The van der Waals surface area contributed by atoms with Gasteiger partial charge in [-0.2, -0.15) is 0 Å². The van der Waals surface area contributed by atoms with Gasteiger partial charge in [-0.15, -0.1) is 0 Å². The fourth-order valence-electron chi connectivity index (χ4n) is 2.62. The Balaban J connectivity index is 2.17. The summed E-state index contributed by atoms with van der Waals surface area (Å²) < 4.78 is 0. The molecule has 0 radical (unpaired) electrons. The fourth-order valence-corrected chi connectivity index (χ4v) is 2.62. The van der Waals surface area contributed by atoms with Crippen LogP contribution in [-0.4, -0.2) is 17.7 Å². The monoisotopic (exact) mass is 219 g/mol.